The molecule has 0 spiro atoms. The molecule has 1 fully saturated rings. The minimum atomic E-state index is -1.97. The van der Waals surface area contributed by atoms with Gasteiger partial charge in [-0.1, -0.05) is 68.8 Å². The largest absolute Gasteiger partial charge is 0.469 e. The van der Waals surface area contributed by atoms with E-state index in [0.29, 0.717) is 31.0 Å². The molecule has 0 heterocycles. The third-order valence-electron chi connectivity index (χ3n) is 7.57. The van der Waals surface area contributed by atoms with Gasteiger partial charge in [0.1, 0.15) is 5.78 Å². The van der Waals surface area contributed by atoms with Crippen LogP contribution in [0, 0.1) is 35.5 Å². The lowest BCUT2D eigenvalue weighted by molar-refractivity contribution is -0.140. The van der Waals surface area contributed by atoms with Gasteiger partial charge in [-0.05, 0) is 66.6 Å². The second kappa shape index (κ2) is 14.5. The maximum Gasteiger partial charge on any atom is 0.305 e. The fourth-order valence-electron chi connectivity index (χ4n) is 4.17. The lowest BCUT2D eigenvalue weighted by Crippen LogP contribution is -2.45. The number of esters is 1. The van der Waals surface area contributed by atoms with Crippen molar-refractivity contribution in [1.29, 1.82) is 0 Å². The number of ether oxygens (including phenoxy) is 1. The lowest BCUT2D eigenvalue weighted by Gasteiger charge is -2.40. The van der Waals surface area contributed by atoms with Crippen LogP contribution in [0.3, 0.4) is 0 Å². The van der Waals surface area contributed by atoms with E-state index in [1.54, 1.807) is 0 Å². The van der Waals surface area contributed by atoms with E-state index in [1.807, 2.05) is 6.92 Å². The van der Waals surface area contributed by atoms with Gasteiger partial charge in [0.2, 0.25) is 0 Å². The molecule has 0 aromatic rings. The molecule has 6 heteroatoms. The van der Waals surface area contributed by atoms with E-state index in [2.05, 4.69) is 93.7 Å². The number of rotatable bonds is 12. The van der Waals surface area contributed by atoms with Gasteiger partial charge in [0.15, 0.2) is 8.32 Å². The van der Waals surface area contributed by atoms with Crippen LogP contribution in [-0.2, 0) is 18.8 Å². The van der Waals surface area contributed by atoms with Crippen molar-refractivity contribution in [2.24, 2.45) is 23.7 Å². The van der Waals surface area contributed by atoms with E-state index in [1.165, 1.54) is 7.11 Å². The molecule has 1 aliphatic rings. The van der Waals surface area contributed by atoms with E-state index in [4.69, 9.17) is 9.16 Å². The van der Waals surface area contributed by atoms with Crippen LogP contribution < -0.4 is 0 Å². The monoisotopic (exact) mass is 566 g/mol. The highest BCUT2D eigenvalue weighted by atomic mass is 79.9. The van der Waals surface area contributed by atoms with Crippen molar-refractivity contribution in [3.05, 3.63) is 22.7 Å². The first-order valence-corrected chi connectivity index (χ1v) is 16.6. The number of allylic oxidation sites excluding steroid dienone is 3. The van der Waals surface area contributed by atoms with Crippen molar-refractivity contribution >= 4 is 36.0 Å². The third kappa shape index (κ3) is 10.4. The average molecular weight is 568 g/mol. The number of unbranched alkanes of at least 4 members (excludes halogenated alkanes) is 1. The summed E-state index contributed by atoms with van der Waals surface area (Å²) >= 11 is 3.67. The summed E-state index contributed by atoms with van der Waals surface area (Å²) in [6.07, 6.45) is 10.6. The molecule has 5 atom stereocenters. The summed E-state index contributed by atoms with van der Waals surface area (Å²) in [4.78, 5) is 24.2. The number of carbonyl (C=O) groups excluding carboxylic acids is 2. The second-order valence-electron chi connectivity index (χ2n) is 11.5. The highest BCUT2D eigenvalue weighted by Crippen LogP contribution is 2.41. The molecule has 0 radical (unpaired) electrons. The number of hydrogen-bond donors (Lipinski definition) is 0. The van der Waals surface area contributed by atoms with Crippen molar-refractivity contribution in [3.8, 4) is 11.8 Å². The Balaban J connectivity index is 3.02. The normalized spacial score (nSPS) is 23.2. The van der Waals surface area contributed by atoms with Gasteiger partial charge < -0.3 is 9.16 Å². The summed E-state index contributed by atoms with van der Waals surface area (Å²) in [7, 11) is -0.555. The van der Waals surface area contributed by atoms with Gasteiger partial charge in [-0.3, -0.25) is 9.59 Å². The van der Waals surface area contributed by atoms with Crippen molar-refractivity contribution < 1.29 is 18.8 Å². The van der Waals surface area contributed by atoms with Crippen LogP contribution >= 0.6 is 15.9 Å². The number of ketones is 1. The smallest absolute Gasteiger partial charge is 0.305 e. The van der Waals surface area contributed by atoms with Gasteiger partial charge in [0.25, 0.3) is 0 Å². The van der Waals surface area contributed by atoms with Gasteiger partial charge in [-0.2, -0.15) is 0 Å². The molecule has 0 N–H and O–H groups in total. The number of hydrogen-bond acceptors (Lipinski definition) is 4. The van der Waals surface area contributed by atoms with E-state index in [9.17, 15) is 9.59 Å². The lowest BCUT2D eigenvalue weighted by atomic mass is 9.86. The van der Waals surface area contributed by atoms with Crippen LogP contribution in [-0.4, -0.2) is 33.3 Å². The number of carbonyl (C=O) groups is 2. The molecule has 0 aromatic heterocycles. The first-order chi connectivity index (χ1) is 16.2. The summed E-state index contributed by atoms with van der Waals surface area (Å²) in [6.45, 7) is 17.6. The summed E-state index contributed by atoms with van der Waals surface area (Å²) in [5.74, 6) is 7.12. The van der Waals surface area contributed by atoms with Crippen molar-refractivity contribution in [2.45, 2.75) is 104 Å². The molecular weight excluding hydrogens is 520 g/mol. The van der Waals surface area contributed by atoms with Crippen LogP contribution in [0.4, 0.5) is 0 Å². The Morgan fingerprint density at radius 1 is 1.31 bits per heavy atom. The first kappa shape index (κ1) is 31.9. The number of Topliss-reactive ketones (excluding diaryl/α,β-unsaturated/α-hetero) is 1. The molecule has 198 valence electrons. The van der Waals surface area contributed by atoms with E-state index < -0.39 is 8.32 Å². The van der Waals surface area contributed by atoms with Crippen LogP contribution in [0.15, 0.2) is 22.7 Å². The first-order valence-electron chi connectivity index (χ1n) is 12.9. The highest BCUT2D eigenvalue weighted by Gasteiger charge is 2.41. The van der Waals surface area contributed by atoms with Gasteiger partial charge in [0, 0.05) is 25.2 Å². The molecule has 0 aliphatic heterocycles. The highest BCUT2D eigenvalue weighted by molar-refractivity contribution is 9.11. The Labute approximate surface area is 223 Å². The standard InChI is InChI=1S/C29H47BrO4Si/c1-10-11-14-21(2)27(34-35(8,9)29(4,5)6)18-17-24-22(3)19-26(31)25(24)20-23(30)15-12-13-16-28(32)33-7/h15,17-18,21-22,24-25,27H,12-14,16,19-20H2,1-9H3/b18-17+,23-15-/t21?,22-,24+,25-,27-/m1/s1. The molecule has 4 nitrogen and oxygen atoms in total. The van der Waals surface area contributed by atoms with Crippen LogP contribution in [0.5, 0.6) is 0 Å². The van der Waals surface area contributed by atoms with E-state index in [0.717, 1.165) is 23.7 Å². The number of halogens is 1. The average Bonchev–Trinajstić information content (AvgIpc) is 3.03. The fourth-order valence-corrected chi connectivity index (χ4v) is 6.09. The predicted molar refractivity (Wildman–Crippen MR) is 152 cm³/mol. The number of methoxy groups -OCH3 is 1. The predicted octanol–water partition coefficient (Wildman–Crippen LogP) is 7.84. The third-order valence-corrected chi connectivity index (χ3v) is 12.7. The Bertz CT molecular complexity index is 828. The molecular formula is C29H47BrO4Si. The van der Waals surface area contributed by atoms with Gasteiger partial charge in [0.05, 0.1) is 13.2 Å². The van der Waals surface area contributed by atoms with Gasteiger partial charge >= 0.3 is 5.97 Å². The van der Waals surface area contributed by atoms with Crippen molar-refractivity contribution in [1.82, 2.24) is 0 Å². The molecule has 0 aromatic carbocycles. The topological polar surface area (TPSA) is 52.6 Å². The molecule has 0 saturated heterocycles. The van der Waals surface area contributed by atoms with Gasteiger partial charge in [-0.15, -0.1) is 11.8 Å². The SMILES string of the molecule is CC#CCC(C)[C@@H](/C=C/[C@H]1[C@H](C)CC(=O)[C@@H]1C/C(Br)=C/CCCC(=O)OC)O[Si](C)(C)C(C)(C)C. The Kier molecular flexibility index (Phi) is 13.2. The summed E-state index contributed by atoms with van der Waals surface area (Å²) in [5, 5.41) is 0.123. The molecule has 1 aliphatic carbocycles. The molecule has 0 bridgehead atoms. The molecule has 1 unspecified atom stereocenters. The molecule has 1 rings (SSSR count). The van der Waals surface area contributed by atoms with Crippen LogP contribution in [0.2, 0.25) is 18.1 Å². The Morgan fingerprint density at radius 3 is 2.54 bits per heavy atom. The zero-order chi connectivity index (χ0) is 26.8. The van der Waals surface area contributed by atoms with Crippen LogP contribution in [0.1, 0.15) is 80.1 Å². The van der Waals surface area contributed by atoms with Crippen LogP contribution in [0.25, 0.3) is 0 Å². The summed E-state index contributed by atoms with van der Waals surface area (Å²) < 4.78 is 12.6. The minimum Gasteiger partial charge on any atom is -0.469 e. The molecule has 0 amide bonds. The maximum atomic E-state index is 12.9. The maximum absolute atomic E-state index is 12.9. The quantitative estimate of drug-likeness (QED) is 0.0793. The fraction of sp³-hybridized carbons (Fsp3) is 0.724. The zero-order valence-electron chi connectivity index (χ0n) is 23.4. The summed E-state index contributed by atoms with van der Waals surface area (Å²) in [6, 6.07) is 0. The molecule has 1 saturated carbocycles. The van der Waals surface area contributed by atoms with Gasteiger partial charge in [-0.25, -0.2) is 0 Å². The summed E-state index contributed by atoms with van der Waals surface area (Å²) in [5.41, 5.74) is 0. The Hall–Kier alpha value is -1.16. The Morgan fingerprint density at radius 2 is 1.97 bits per heavy atom. The van der Waals surface area contributed by atoms with E-state index in [-0.39, 0.29) is 34.9 Å². The van der Waals surface area contributed by atoms with Crippen molar-refractivity contribution in [2.75, 3.05) is 7.11 Å². The zero-order valence-corrected chi connectivity index (χ0v) is 26.0. The van der Waals surface area contributed by atoms with E-state index >= 15 is 0 Å². The van der Waals surface area contributed by atoms with Crippen molar-refractivity contribution in [3.63, 3.8) is 0 Å². The molecule has 35 heavy (non-hydrogen) atoms. The second-order valence-corrected chi connectivity index (χ2v) is 17.3. The minimum absolute atomic E-state index is 0.0161.